The van der Waals surface area contributed by atoms with Crippen molar-refractivity contribution in [2.24, 2.45) is 11.3 Å². The van der Waals surface area contributed by atoms with Gasteiger partial charge in [0, 0.05) is 12.7 Å². The lowest BCUT2D eigenvalue weighted by Crippen LogP contribution is -2.27. The first kappa shape index (κ1) is 14.7. The van der Waals surface area contributed by atoms with Crippen LogP contribution in [0.5, 0.6) is 0 Å². The Morgan fingerprint density at radius 2 is 2.17 bits per heavy atom. The molecule has 1 aromatic heterocycles. The molecule has 0 spiro atoms. The monoisotopic (exact) mass is 270 g/mol. The van der Waals surface area contributed by atoms with E-state index in [1.165, 1.54) is 12.3 Å². The standard InChI is InChI=1S/C12H19ClN4O/c1-12(2,3)4-5-15-11(18)8-6-9(13)10(17-14)16-7-8/h6-7H,4-5,14H2,1-3H3,(H,15,18)(H,16,17). The highest BCUT2D eigenvalue weighted by Crippen LogP contribution is 2.19. The van der Waals surface area contributed by atoms with Crippen molar-refractivity contribution < 1.29 is 4.79 Å². The van der Waals surface area contributed by atoms with Crippen LogP contribution in [0, 0.1) is 5.41 Å². The van der Waals surface area contributed by atoms with Crippen LogP contribution in [0.3, 0.4) is 0 Å². The highest BCUT2D eigenvalue weighted by Gasteiger charge is 2.12. The van der Waals surface area contributed by atoms with Gasteiger partial charge in [-0.05, 0) is 17.9 Å². The number of amides is 1. The summed E-state index contributed by atoms with van der Waals surface area (Å²) in [6, 6.07) is 1.54. The number of anilines is 1. The first-order chi connectivity index (χ1) is 8.33. The number of carbonyl (C=O) groups is 1. The summed E-state index contributed by atoms with van der Waals surface area (Å²) in [5.74, 6) is 5.37. The average molecular weight is 271 g/mol. The maximum absolute atomic E-state index is 11.8. The first-order valence-corrected chi connectivity index (χ1v) is 6.11. The number of pyridine rings is 1. The van der Waals surface area contributed by atoms with Crippen molar-refractivity contribution in [1.82, 2.24) is 10.3 Å². The second-order valence-electron chi connectivity index (χ2n) is 5.27. The predicted molar refractivity (Wildman–Crippen MR) is 73.5 cm³/mol. The topological polar surface area (TPSA) is 80.0 Å². The second kappa shape index (κ2) is 6.02. The van der Waals surface area contributed by atoms with Gasteiger partial charge in [-0.2, -0.15) is 0 Å². The fraction of sp³-hybridized carbons (Fsp3) is 0.500. The molecular weight excluding hydrogens is 252 g/mol. The molecule has 5 nitrogen and oxygen atoms in total. The van der Waals surface area contributed by atoms with E-state index in [9.17, 15) is 4.79 Å². The molecule has 0 saturated carbocycles. The number of halogens is 1. The molecule has 100 valence electrons. The SMILES string of the molecule is CC(C)(C)CCNC(=O)c1cnc(NN)c(Cl)c1. The number of nitrogen functional groups attached to an aromatic ring is 1. The molecular formula is C12H19ClN4O. The number of carbonyl (C=O) groups excluding carboxylic acids is 1. The van der Waals surface area contributed by atoms with E-state index in [2.05, 4.69) is 36.5 Å². The molecule has 0 aliphatic heterocycles. The highest BCUT2D eigenvalue weighted by molar-refractivity contribution is 6.33. The zero-order valence-corrected chi connectivity index (χ0v) is 11.6. The minimum absolute atomic E-state index is 0.183. The van der Waals surface area contributed by atoms with Gasteiger partial charge in [-0.15, -0.1) is 0 Å². The van der Waals surface area contributed by atoms with Gasteiger partial charge in [0.2, 0.25) is 0 Å². The van der Waals surface area contributed by atoms with Gasteiger partial charge in [-0.1, -0.05) is 32.4 Å². The van der Waals surface area contributed by atoms with Gasteiger partial charge in [0.15, 0.2) is 5.82 Å². The van der Waals surface area contributed by atoms with E-state index in [-0.39, 0.29) is 11.3 Å². The van der Waals surface area contributed by atoms with Crippen LogP contribution in [0.25, 0.3) is 0 Å². The molecule has 0 aliphatic rings. The summed E-state index contributed by atoms with van der Waals surface area (Å²) in [6.07, 6.45) is 2.34. The Morgan fingerprint density at radius 1 is 1.50 bits per heavy atom. The van der Waals surface area contributed by atoms with E-state index in [1.807, 2.05) is 0 Å². The number of hydrogen-bond acceptors (Lipinski definition) is 4. The molecule has 0 aromatic carbocycles. The Morgan fingerprint density at radius 3 is 2.67 bits per heavy atom. The van der Waals surface area contributed by atoms with E-state index in [0.717, 1.165) is 6.42 Å². The summed E-state index contributed by atoms with van der Waals surface area (Å²) >= 11 is 5.90. The van der Waals surface area contributed by atoms with E-state index in [4.69, 9.17) is 17.4 Å². The number of hydrazine groups is 1. The summed E-state index contributed by atoms with van der Waals surface area (Å²) in [6.45, 7) is 6.99. The molecule has 1 amide bonds. The van der Waals surface area contributed by atoms with E-state index < -0.39 is 0 Å². The van der Waals surface area contributed by atoms with Crippen molar-refractivity contribution >= 4 is 23.3 Å². The fourth-order valence-electron chi connectivity index (χ4n) is 1.32. The third kappa shape index (κ3) is 4.50. The van der Waals surface area contributed by atoms with Crippen LogP contribution in [0.4, 0.5) is 5.82 Å². The molecule has 0 aliphatic carbocycles. The van der Waals surface area contributed by atoms with Crippen molar-refractivity contribution in [3.8, 4) is 0 Å². The molecule has 1 rings (SSSR count). The van der Waals surface area contributed by atoms with Crippen LogP contribution in [0.2, 0.25) is 5.02 Å². The molecule has 0 unspecified atom stereocenters. The zero-order chi connectivity index (χ0) is 13.8. The summed E-state index contributed by atoms with van der Waals surface area (Å²) in [7, 11) is 0. The maximum atomic E-state index is 11.8. The van der Waals surface area contributed by atoms with Crippen molar-refractivity contribution in [2.45, 2.75) is 27.2 Å². The third-order valence-corrected chi connectivity index (χ3v) is 2.69. The Bertz CT molecular complexity index is 429. The largest absolute Gasteiger partial charge is 0.352 e. The number of nitrogens with two attached hydrogens (primary N) is 1. The second-order valence-corrected chi connectivity index (χ2v) is 5.67. The molecule has 0 saturated heterocycles. The molecule has 0 atom stereocenters. The van der Waals surface area contributed by atoms with Crippen LogP contribution >= 0.6 is 11.6 Å². The molecule has 4 N–H and O–H groups in total. The Kier molecular flexibility index (Phi) is 4.93. The van der Waals surface area contributed by atoms with Gasteiger partial charge in [0.1, 0.15) is 0 Å². The average Bonchev–Trinajstić information content (AvgIpc) is 2.27. The summed E-state index contributed by atoms with van der Waals surface area (Å²) in [5.41, 5.74) is 2.96. The number of nitrogens with one attached hydrogen (secondary N) is 2. The Balaban J connectivity index is 2.59. The fourth-order valence-corrected chi connectivity index (χ4v) is 1.54. The molecule has 1 heterocycles. The summed E-state index contributed by atoms with van der Waals surface area (Å²) < 4.78 is 0. The van der Waals surface area contributed by atoms with Crippen LogP contribution in [0.1, 0.15) is 37.6 Å². The van der Waals surface area contributed by atoms with Gasteiger partial charge in [-0.3, -0.25) is 4.79 Å². The quantitative estimate of drug-likeness (QED) is 0.579. The lowest BCUT2D eigenvalue weighted by molar-refractivity contribution is 0.0949. The lowest BCUT2D eigenvalue weighted by Gasteiger charge is -2.18. The molecule has 6 heteroatoms. The summed E-state index contributed by atoms with van der Waals surface area (Å²) in [5, 5.41) is 3.15. The van der Waals surface area contributed by atoms with Gasteiger partial charge >= 0.3 is 0 Å². The Labute approximate surface area is 112 Å². The van der Waals surface area contributed by atoms with Gasteiger partial charge in [0.05, 0.1) is 10.6 Å². The molecule has 0 fully saturated rings. The Hall–Kier alpha value is -1.33. The maximum Gasteiger partial charge on any atom is 0.252 e. The van der Waals surface area contributed by atoms with Crippen molar-refractivity contribution in [3.05, 3.63) is 22.8 Å². The minimum Gasteiger partial charge on any atom is -0.352 e. The van der Waals surface area contributed by atoms with Crippen molar-refractivity contribution in [3.63, 3.8) is 0 Å². The summed E-state index contributed by atoms with van der Waals surface area (Å²) in [4.78, 5) is 15.8. The molecule has 18 heavy (non-hydrogen) atoms. The number of hydrogen-bond donors (Lipinski definition) is 3. The number of aromatic nitrogens is 1. The normalized spacial score (nSPS) is 11.2. The van der Waals surface area contributed by atoms with Crippen LogP contribution in [-0.2, 0) is 0 Å². The van der Waals surface area contributed by atoms with Gasteiger partial charge < -0.3 is 10.7 Å². The van der Waals surface area contributed by atoms with E-state index in [1.54, 1.807) is 0 Å². The molecule has 0 bridgehead atoms. The zero-order valence-electron chi connectivity index (χ0n) is 10.9. The predicted octanol–water partition coefficient (Wildman–Crippen LogP) is 2.19. The number of nitrogens with zero attached hydrogens (tertiary/aromatic N) is 1. The van der Waals surface area contributed by atoms with Crippen LogP contribution < -0.4 is 16.6 Å². The third-order valence-electron chi connectivity index (χ3n) is 2.40. The van der Waals surface area contributed by atoms with E-state index in [0.29, 0.717) is 22.9 Å². The van der Waals surface area contributed by atoms with E-state index >= 15 is 0 Å². The molecule has 1 aromatic rings. The molecule has 0 radical (unpaired) electrons. The van der Waals surface area contributed by atoms with Crippen LogP contribution in [0.15, 0.2) is 12.3 Å². The van der Waals surface area contributed by atoms with Crippen molar-refractivity contribution in [1.29, 1.82) is 0 Å². The first-order valence-electron chi connectivity index (χ1n) is 5.74. The number of rotatable bonds is 4. The smallest absolute Gasteiger partial charge is 0.252 e. The van der Waals surface area contributed by atoms with Gasteiger partial charge in [0.25, 0.3) is 5.91 Å². The van der Waals surface area contributed by atoms with Crippen LogP contribution in [-0.4, -0.2) is 17.4 Å². The highest BCUT2D eigenvalue weighted by atomic mass is 35.5. The lowest BCUT2D eigenvalue weighted by atomic mass is 9.92. The van der Waals surface area contributed by atoms with Crippen molar-refractivity contribution in [2.75, 3.05) is 12.0 Å². The van der Waals surface area contributed by atoms with Gasteiger partial charge in [-0.25, -0.2) is 10.8 Å². The minimum atomic E-state index is -0.183.